The Balaban J connectivity index is 0.984. The fraction of sp³-hybridized carbons (Fsp3) is 0.0149. The SMILES string of the molecule is c1ccc(C2(c3ccccc3)c3ccccc3-c3c(N(c4ccc(-c5ccc6c(ccc7ccccc76)c5)cc4)c4cccc(-c5cccc6oc7c8ccccc8ccc7c56)c4)cccc32)cc1. The molecule has 0 spiro atoms. The summed E-state index contributed by atoms with van der Waals surface area (Å²) in [7, 11) is 0. The third-order valence-corrected chi connectivity index (χ3v) is 14.7. The lowest BCUT2D eigenvalue weighted by Crippen LogP contribution is -2.28. The first-order valence-corrected chi connectivity index (χ1v) is 23.8. The van der Waals surface area contributed by atoms with E-state index in [2.05, 4.69) is 266 Å². The molecule has 0 saturated heterocycles. The van der Waals surface area contributed by atoms with Crippen LogP contribution in [0.25, 0.3) is 87.6 Å². The zero-order valence-electron chi connectivity index (χ0n) is 37.7. The fourth-order valence-electron chi connectivity index (χ4n) is 11.7. The molecule has 0 radical (unpaired) electrons. The minimum atomic E-state index is -0.536. The predicted octanol–water partition coefficient (Wildman–Crippen LogP) is 18.2. The van der Waals surface area contributed by atoms with Crippen molar-refractivity contribution >= 4 is 71.3 Å². The molecule has 14 rings (SSSR count). The van der Waals surface area contributed by atoms with Crippen molar-refractivity contribution in [3.05, 3.63) is 283 Å². The topological polar surface area (TPSA) is 16.4 Å². The number of benzene rings is 12. The fourth-order valence-corrected chi connectivity index (χ4v) is 11.7. The van der Waals surface area contributed by atoms with Gasteiger partial charge in [-0.2, -0.15) is 0 Å². The molecule has 0 aliphatic heterocycles. The maximum Gasteiger partial charge on any atom is 0.143 e. The average molecular weight is 878 g/mol. The summed E-state index contributed by atoms with van der Waals surface area (Å²) in [5, 5.41) is 9.58. The van der Waals surface area contributed by atoms with Crippen molar-refractivity contribution < 1.29 is 4.42 Å². The zero-order valence-corrected chi connectivity index (χ0v) is 37.7. The normalized spacial score (nSPS) is 12.8. The van der Waals surface area contributed by atoms with Gasteiger partial charge >= 0.3 is 0 Å². The van der Waals surface area contributed by atoms with Gasteiger partial charge in [-0.3, -0.25) is 0 Å². The molecule has 0 unspecified atom stereocenters. The Hall–Kier alpha value is -8.98. The molecule has 1 aliphatic carbocycles. The first kappa shape index (κ1) is 39.2. The number of nitrogens with zero attached hydrogens (tertiary/aromatic N) is 1. The monoisotopic (exact) mass is 877 g/mol. The highest BCUT2D eigenvalue weighted by molar-refractivity contribution is 6.19. The highest BCUT2D eigenvalue weighted by atomic mass is 16.3. The van der Waals surface area contributed by atoms with Crippen LogP contribution < -0.4 is 4.90 Å². The summed E-state index contributed by atoms with van der Waals surface area (Å²) in [6.45, 7) is 0. The van der Waals surface area contributed by atoms with Crippen LogP contribution in [0, 0.1) is 0 Å². The van der Waals surface area contributed by atoms with Crippen LogP contribution in [0.4, 0.5) is 17.1 Å². The summed E-state index contributed by atoms with van der Waals surface area (Å²) in [4.78, 5) is 2.47. The second-order valence-electron chi connectivity index (χ2n) is 18.3. The molecule has 0 atom stereocenters. The lowest BCUT2D eigenvalue weighted by molar-refractivity contribution is 0.673. The molecule has 12 aromatic carbocycles. The number of anilines is 3. The van der Waals surface area contributed by atoms with Gasteiger partial charge in [0.05, 0.1) is 11.1 Å². The van der Waals surface area contributed by atoms with Gasteiger partial charge in [0.2, 0.25) is 0 Å². The van der Waals surface area contributed by atoms with Gasteiger partial charge in [-0.25, -0.2) is 0 Å². The lowest BCUT2D eigenvalue weighted by Gasteiger charge is -2.34. The van der Waals surface area contributed by atoms with Crippen LogP contribution >= 0.6 is 0 Å². The molecule has 2 heteroatoms. The number of hydrogen-bond donors (Lipinski definition) is 0. The minimum Gasteiger partial charge on any atom is -0.455 e. The molecule has 1 aromatic heterocycles. The standard InChI is InChI=1S/C67H43NO/c1-3-19-50(20-4-1)67(51-21-5-2-6-22-51)60-28-12-11-26-58(60)65-61(67)29-15-30-62(65)68(52-38-34-44(35-39-52)47-37-40-55-49(42-47)33-32-45-16-7-9-24-54(45)55)53-23-13-18-48(43-53)56-27-14-31-63-64(56)59-41-36-46-17-8-10-25-57(46)66(59)69-63/h1-43H. The third kappa shape index (κ3) is 5.99. The summed E-state index contributed by atoms with van der Waals surface area (Å²) < 4.78 is 6.70. The Bertz CT molecular complexity index is 4090. The molecule has 0 fully saturated rings. The Kier molecular flexibility index (Phi) is 8.84. The minimum absolute atomic E-state index is 0.536. The van der Waals surface area contributed by atoms with E-state index in [0.717, 1.165) is 55.5 Å². The second-order valence-corrected chi connectivity index (χ2v) is 18.3. The lowest BCUT2D eigenvalue weighted by atomic mass is 9.68. The molecule has 2 nitrogen and oxygen atoms in total. The molecule has 69 heavy (non-hydrogen) atoms. The summed E-state index contributed by atoms with van der Waals surface area (Å²) in [6, 6.07) is 95.7. The number of hydrogen-bond acceptors (Lipinski definition) is 2. The molecule has 13 aromatic rings. The van der Waals surface area contributed by atoms with Gasteiger partial charge in [0.1, 0.15) is 11.2 Å². The molecule has 1 aliphatic rings. The molecule has 1 heterocycles. The van der Waals surface area contributed by atoms with Gasteiger partial charge in [-0.15, -0.1) is 0 Å². The Labute approximate surface area is 400 Å². The average Bonchev–Trinajstić information content (AvgIpc) is 3.97. The largest absolute Gasteiger partial charge is 0.455 e. The predicted molar refractivity (Wildman–Crippen MR) is 289 cm³/mol. The van der Waals surface area contributed by atoms with E-state index in [1.807, 2.05) is 0 Å². The molecule has 0 bridgehead atoms. The summed E-state index contributed by atoms with van der Waals surface area (Å²) in [5.74, 6) is 0. The van der Waals surface area contributed by atoms with Crippen molar-refractivity contribution in [1.29, 1.82) is 0 Å². The van der Waals surface area contributed by atoms with Crippen molar-refractivity contribution in [2.45, 2.75) is 5.41 Å². The molecular weight excluding hydrogens is 835 g/mol. The van der Waals surface area contributed by atoms with E-state index in [1.165, 1.54) is 71.4 Å². The van der Waals surface area contributed by atoms with Crippen LogP contribution in [0.2, 0.25) is 0 Å². The number of fused-ring (bicyclic) bond motifs is 11. The third-order valence-electron chi connectivity index (χ3n) is 14.7. The van der Waals surface area contributed by atoms with Crippen LogP contribution in [0.15, 0.2) is 265 Å². The van der Waals surface area contributed by atoms with Gasteiger partial charge < -0.3 is 9.32 Å². The molecule has 0 N–H and O–H groups in total. The maximum absolute atomic E-state index is 6.70. The maximum atomic E-state index is 6.70. The van der Waals surface area contributed by atoms with Gasteiger partial charge in [-0.1, -0.05) is 212 Å². The number of rotatable bonds is 7. The molecular formula is C67H43NO. The van der Waals surface area contributed by atoms with Crippen molar-refractivity contribution in [1.82, 2.24) is 0 Å². The van der Waals surface area contributed by atoms with Crippen molar-refractivity contribution in [3.63, 3.8) is 0 Å². The highest BCUT2D eigenvalue weighted by Gasteiger charge is 2.47. The van der Waals surface area contributed by atoms with Crippen LogP contribution in [0.1, 0.15) is 22.3 Å². The number of furan rings is 1. The van der Waals surface area contributed by atoms with Crippen molar-refractivity contribution in [2.75, 3.05) is 4.90 Å². The van der Waals surface area contributed by atoms with E-state index in [-0.39, 0.29) is 0 Å². The van der Waals surface area contributed by atoms with E-state index in [0.29, 0.717) is 0 Å². The molecule has 322 valence electrons. The quantitative estimate of drug-likeness (QED) is 0.148. The van der Waals surface area contributed by atoms with Gasteiger partial charge in [0.15, 0.2) is 0 Å². The van der Waals surface area contributed by atoms with E-state index >= 15 is 0 Å². The summed E-state index contributed by atoms with van der Waals surface area (Å²) in [5.41, 5.74) is 16.6. The van der Waals surface area contributed by atoms with Crippen molar-refractivity contribution in [2.24, 2.45) is 0 Å². The zero-order chi connectivity index (χ0) is 45.5. The smallest absolute Gasteiger partial charge is 0.143 e. The van der Waals surface area contributed by atoms with E-state index < -0.39 is 5.41 Å². The van der Waals surface area contributed by atoms with Gasteiger partial charge in [0, 0.05) is 33.1 Å². The van der Waals surface area contributed by atoms with Gasteiger partial charge in [0.25, 0.3) is 0 Å². The van der Waals surface area contributed by atoms with Crippen LogP contribution in [0.3, 0.4) is 0 Å². The Morgan fingerprint density at radius 1 is 0.333 bits per heavy atom. The van der Waals surface area contributed by atoms with Gasteiger partial charge in [-0.05, 0) is 126 Å². The molecule has 0 saturated carbocycles. The summed E-state index contributed by atoms with van der Waals surface area (Å²) >= 11 is 0. The summed E-state index contributed by atoms with van der Waals surface area (Å²) in [6.07, 6.45) is 0. The van der Waals surface area contributed by atoms with Crippen LogP contribution in [-0.2, 0) is 5.41 Å². The van der Waals surface area contributed by atoms with Crippen LogP contribution in [-0.4, -0.2) is 0 Å². The molecule has 0 amide bonds. The Morgan fingerprint density at radius 2 is 0.928 bits per heavy atom. The van der Waals surface area contributed by atoms with E-state index in [1.54, 1.807) is 0 Å². The second kappa shape index (κ2) is 15.6. The first-order chi connectivity index (χ1) is 34.2. The van der Waals surface area contributed by atoms with Crippen LogP contribution in [0.5, 0.6) is 0 Å². The highest BCUT2D eigenvalue weighted by Crippen LogP contribution is 2.59. The van der Waals surface area contributed by atoms with E-state index in [9.17, 15) is 0 Å². The Morgan fingerprint density at radius 3 is 1.74 bits per heavy atom. The van der Waals surface area contributed by atoms with Crippen molar-refractivity contribution in [3.8, 4) is 33.4 Å². The first-order valence-electron chi connectivity index (χ1n) is 23.8. The van der Waals surface area contributed by atoms with E-state index in [4.69, 9.17) is 4.42 Å².